The Kier molecular flexibility index (Phi) is 3.64. The number of nitrogens with two attached hydrogens (primary N) is 1. The minimum atomic E-state index is -0.174. The number of ketones is 1. The van der Waals surface area contributed by atoms with E-state index in [-0.39, 0.29) is 21.5 Å². The number of nitrogen functional groups attached to an aromatic ring is 1. The summed E-state index contributed by atoms with van der Waals surface area (Å²) in [5.41, 5.74) is 6.33. The summed E-state index contributed by atoms with van der Waals surface area (Å²) >= 11 is 18.7. The molecule has 0 saturated carbocycles. The zero-order chi connectivity index (χ0) is 12.6. The standard InChI is InChI=1S/C11H6Cl3NOS/c12-6-3-5(4-7(15)10(6)14)11(16)8-1-2-9(13)17-8/h1-4H,15H2. The first kappa shape index (κ1) is 12.7. The van der Waals surface area contributed by atoms with Crippen LogP contribution in [0.4, 0.5) is 5.69 Å². The van der Waals surface area contributed by atoms with Crippen molar-refractivity contribution in [3.05, 3.63) is 49.1 Å². The van der Waals surface area contributed by atoms with E-state index in [4.69, 9.17) is 40.5 Å². The van der Waals surface area contributed by atoms with E-state index in [1.165, 1.54) is 23.5 Å². The van der Waals surface area contributed by atoms with Crippen LogP contribution in [0, 0.1) is 0 Å². The largest absolute Gasteiger partial charge is 0.397 e. The van der Waals surface area contributed by atoms with Gasteiger partial charge >= 0.3 is 0 Å². The highest BCUT2D eigenvalue weighted by molar-refractivity contribution is 7.18. The van der Waals surface area contributed by atoms with Crippen LogP contribution in [-0.2, 0) is 0 Å². The highest BCUT2D eigenvalue weighted by Gasteiger charge is 2.14. The Hall–Kier alpha value is -0.740. The van der Waals surface area contributed by atoms with Crippen molar-refractivity contribution < 1.29 is 4.79 Å². The Labute approximate surface area is 117 Å². The van der Waals surface area contributed by atoms with Crippen molar-refractivity contribution in [2.75, 3.05) is 5.73 Å². The Morgan fingerprint density at radius 1 is 1.18 bits per heavy atom. The van der Waals surface area contributed by atoms with Crippen LogP contribution in [0.3, 0.4) is 0 Å². The van der Waals surface area contributed by atoms with Gasteiger partial charge in [-0.2, -0.15) is 0 Å². The van der Waals surface area contributed by atoms with Gasteiger partial charge in [-0.1, -0.05) is 34.8 Å². The summed E-state index contributed by atoms with van der Waals surface area (Å²) < 4.78 is 0.557. The van der Waals surface area contributed by atoms with Gasteiger partial charge in [-0.3, -0.25) is 4.79 Å². The molecule has 2 aromatic rings. The van der Waals surface area contributed by atoms with E-state index in [0.717, 1.165) is 0 Å². The summed E-state index contributed by atoms with van der Waals surface area (Å²) in [4.78, 5) is 12.6. The number of hydrogen-bond acceptors (Lipinski definition) is 3. The predicted octanol–water partition coefficient (Wildman–Crippen LogP) is 4.52. The van der Waals surface area contributed by atoms with Crippen molar-refractivity contribution >= 4 is 57.6 Å². The first-order valence-corrected chi connectivity index (χ1v) is 6.48. The van der Waals surface area contributed by atoms with Gasteiger partial charge in [0.15, 0.2) is 0 Å². The molecule has 0 aliphatic rings. The zero-order valence-electron chi connectivity index (χ0n) is 8.34. The average molecular weight is 307 g/mol. The van der Waals surface area contributed by atoms with Gasteiger partial charge in [0.2, 0.25) is 5.78 Å². The molecule has 6 heteroatoms. The van der Waals surface area contributed by atoms with Gasteiger partial charge in [-0.05, 0) is 24.3 Å². The van der Waals surface area contributed by atoms with Crippen LogP contribution in [-0.4, -0.2) is 5.78 Å². The number of rotatable bonds is 2. The van der Waals surface area contributed by atoms with Crippen molar-refractivity contribution in [2.24, 2.45) is 0 Å². The summed E-state index contributed by atoms with van der Waals surface area (Å²) in [6.45, 7) is 0. The van der Waals surface area contributed by atoms with E-state index in [2.05, 4.69) is 0 Å². The molecule has 0 spiro atoms. The topological polar surface area (TPSA) is 43.1 Å². The van der Waals surface area contributed by atoms with E-state index >= 15 is 0 Å². The highest BCUT2D eigenvalue weighted by atomic mass is 35.5. The lowest BCUT2D eigenvalue weighted by Crippen LogP contribution is -2.00. The first-order chi connectivity index (χ1) is 7.99. The third-order valence-corrected chi connectivity index (χ3v) is 4.16. The molecule has 88 valence electrons. The molecular formula is C11H6Cl3NOS. The Morgan fingerprint density at radius 2 is 1.88 bits per heavy atom. The highest BCUT2D eigenvalue weighted by Crippen LogP contribution is 2.31. The second-order valence-electron chi connectivity index (χ2n) is 3.29. The predicted molar refractivity (Wildman–Crippen MR) is 73.6 cm³/mol. The van der Waals surface area contributed by atoms with Gasteiger partial charge in [-0.15, -0.1) is 11.3 Å². The lowest BCUT2D eigenvalue weighted by Gasteiger charge is -2.04. The van der Waals surface area contributed by atoms with Crippen molar-refractivity contribution in [3.63, 3.8) is 0 Å². The van der Waals surface area contributed by atoms with Crippen molar-refractivity contribution in [3.8, 4) is 0 Å². The molecule has 2 rings (SSSR count). The van der Waals surface area contributed by atoms with Crippen molar-refractivity contribution in [1.82, 2.24) is 0 Å². The summed E-state index contributed by atoms with van der Waals surface area (Å²) in [6.07, 6.45) is 0. The molecule has 0 aliphatic heterocycles. The summed E-state index contributed by atoms with van der Waals surface area (Å²) in [6, 6.07) is 6.33. The van der Waals surface area contributed by atoms with Crippen molar-refractivity contribution in [2.45, 2.75) is 0 Å². The van der Waals surface area contributed by atoms with Crippen LogP contribution >= 0.6 is 46.1 Å². The fraction of sp³-hybridized carbons (Fsp3) is 0. The second kappa shape index (κ2) is 4.86. The summed E-state index contributed by atoms with van der Waals surface area (Å²) in [5, 5.41) is 0.519. The molecule has 0 bridgehead atoms. The monoisotopic (exact) mass is 305 g/mol. The summed E-state index contributed by atoms with van der Waals surface area (Å²) in [7, 11) is 0. The molecule has 2 N–H and O–H groups in total. The number of halogens is 3. The molecule has 0 radical (unpaired) electrons. The normalized spacial score (nSPS) is 10.5. The van der Waals surface area contributed by atoms with Crippen LogP contribution in [0.5, 0.6) is 0 Å². The molecule has 1 aromatic carbocycles. The van der Waals surface area contributed by atoms with E-state index in [1.807, 2.05) is 0 Å². The Bertz CT molecular complexity index is 571. The van der Waals surface area contributed by atoms with Gasteiger partial charge in [-0.25, -0.2) is 0 Å². The van der Waals surface area contributed by atoms with Gasteiger partial charge in [0, 0.05) is 5.56 Å². The maximum absolute atomic E-state index is 12.1. The smallest absolute Gasteiger partial charge is 0.203 e. The van der Waals surface area contributed by atoms with Crippen LogP contribution < -0.4 is 5.73 Å². The number of carbonyl (C=O) groups is 1. The van der Waals surface area contributed by atoms with E-state index in [1.54, 1.807) is 12.1 Å². The lowest BCUT2D eigenvalue weighted by molar-refractivity contribution is 0.104. The number of anilines is 1. The SMILES string of the molecule is Nc1cc(C(=O)c2ccc(Cl)s2)cc(Cl)c1Cl. The van der Waals surface area contributed by atoms with E-state index < -0.39 is 0 Å². The lowest BCUT2D eigenvalue weighted by atomic mass is 10.1. The molecule has 2 nitrogen and oxygen atoms in total. The fourth-order valence-corrected chi connectivity index (χ4v) is 2.66. The molecule has 0 aliphatic carbocycles. The second-order valence-corrected chi connectivity index (χ2v) is 5.79. The third kappa shape index (κ3) is 2.58. The number of thiophene rings is 1. The quantitative estimate of drug-likeness (QED) is 0.654. The van der Waals surface area contributed by atoms with E-state index in [0.29, 0.717) is 14.8 Å². The van der Waals surface area contributed by atoms with E-state index in [9.17, 15) is 4.79 Å². The Morgan fingerprint density at radius 3 is 2.41 bits per heavy atom. The zero-order valence-corrected chi connectivity index (χ0v) is 11.4. The molecule has 17 heavy (non-hydrogen) atoms. The molecule has 0 amide bonds. The first-order valence-electron chi connectivity index (χ1n) is 4.53. The Balaban J connectivity index is 2.44. The maximum Gasteiger partial charge on any atom is 0.203 e. The number of hydrogen-bond donors (Lipinski definition) is 1. The van der Waals surface area contributed by atoms with Gasteiger partial charge < -0.3 is 5.73 Å². The molecule has 0 saturated heterocycles. The number of benzene rings is 1. The minimum Gasteiger partial charge on any atom is -0.397 e. The molecule has 1 aromatic heterocycles. The maximum atomic E-state index is 12.1. The van der Waals surface area contributed by atoms with Gasteiger partial charge in [0.25, 0.3) is 0 Å². The molecule has 1 heterocycles. The molecule has 0 fully saturated rings. The van der Waals surface area contributed by atoms with Gasteiger partial charge in [0.05, 0.1) is 24.9 Å². The molecular weight excluding hydrogens is 301 g/mol. The van der Waals surface area contributed by atoms with Crippen LogP contribution in [0.25, 0.3) is 0 Å². The third-order valence-electron chi connectivity index (χ3n) is 2.12. The van der Waals surface area contributed by atoms with Crippen LogP contribution in [0.15, 0.2) is 24.3 Å². The van der Waals surface area contributed by atoms with Gasteiger partial charge in [0.1, 0.15) is 0 Å². The summed E-state index contributed by atoms with van der Waals surface area (Å²) in [5.74, 6) is -0.174. The molecule has 0 atom stereocenters. The van der Waals surface area contributed by atoms with Crippen LogP contribution in [0.1, 0.15) is 15.2 Å². The minimum absolute atomic E-state index is 0.174. The average Bonchev–Trinajstić information content (AvgIpc) is 2.71. The fourth-order valence-electron chi connectivity index (χ4n) is 1.32. The molecule has 0 unspecified atom stereocenters. The van der Waals surface area contributed by atoms with Crippen molar-refractivity contribution in [1.29, 1.82) is 0 Å². The van der Waals surface area contributed by atoms with Crippen LogP contribution in [0.2, 0.25) is 14.4 Å². The number of carbonyl (C=O) groups excluding carboxylic acids is 1.